The SMILES string of the molecule is CC(=O)Nc1ccc(Oc2ccc(NC(=O)c3ccc(-c4cc(-c5nnc(C)o5)ccc4C)cc3)cc2)cc1. The van der Waals surface area contributed by atoms with E-state index in [-0.39, 0.29) is 11.8 Å². The molecule has 0 bridgehead atoms. The van der Waals surface area contributed by atoms with E-state index >= 15 is 0 Å². The van der Waals surface area contributed by atoms with E-state index < -0.39 is 0 Å². The molecule has 0 spiro atoms. The molecule has 1 aromatic heterocycles. The van der Waals surface area contributed by atoms with E-state index in [1.54, 1.807) is 67.6 Å². The van der Waals surface area contributed by atoms with Gasteiger partial charge in [-0.05, 0) is 96.4 Å². The smallest absolute Gasteiger partial charge is 0.255 e. The van der Waals surface area contributed by atoms with Gasteiger partial charge in [-0.1, -0.05) is 18.2 Å². The molecule has 0 saturated carbocycles. The molecule has 0 aliphatic carbocycles. The van der Waals surface area contributed by atoms with Gasteiger partial charge in [0.15, 0.2) is 0 Å². The molecule has 0 aliphatic rings. The molecule has 8 nitrogen and oxygen atoms in total. The third-order valence-electron chi connectivity index (χ3n) is 5.99. The predicted molar refractivity (Wildman–Crippen MR) is 150 cm³/mol. The van der Waals surface area contributed by atoms with E-state index in [1.165, 1.54) is 6.92 Å². The standard InChI is InChI=1S/C31H26N4O4/c1-19-4-5-24(31-35-34-21(3)38-31)18-29(19)22-6-8-23(9-7-22)30(37)33-26-12-16-28(17-13-26)39-27-14-10-25(11-15-27)32-20(2)36/h4-18H,1-3H3,(H,32,36)(H,33,37). The fourth-order valence-corrected chi connectivity index (χ4v) is 4.04. The van der Waals surface area contributed by atoms with Gasteiger partial charge in [-0.25, -0.2) is 0 Å². The Bertz CT molecular complexity index is 1620. The largest absolute Gasteiger partial charge is 0.457 e. The molecule has 8 heteroatoms. The average molecular weight is 519 g/mol. The Labute approximate surface area is 225 Å². The van der Waals surface area contributed by atoms with Crippen molar-refractivity contribution in [2.24, 2.45) is 0 Å². The molecule has 0 atom stereocenters. The van der Waals surface area contributed by atoms with Gasteiger partial charge in [-0.2, -0.15) is 0 Å². The zero-order chi connectivity index (χ0) is 27.4. The molecule has 2 amide bonds. The lowest BCUT2D eigenvalue weighted by Gasteiger charge is -2.10. The molecule has 0 aliphatic heterocycles. The Hall–Kier alpha value is -5.24. The van der Waals surface area contributed by atoms with Crippen LogP contribution in [0.2, 0.25) is 0 Å². The Morgan fingerprint density at radius 1 is 0.718 bits per heavy atom. The van der Waals surface area contributed by atoms with Gasteiger partial charge in [0.1, 0.15) is 11.5 Å². The predicted octanol–water partition coefficient (Wildman–Crippen LogP) is 7.02. The van der Waals surface area contributed by atoms with Crippen LogP contribution in [-0.2, 0) is 4.79 Å². The number of amides is 2. The molecular weight excluding hydrogens is 492 g/mol. The first-order valence-corrected chi connectivity index (χ1v) is 12.3. The molecular formula is C31H26N4O4. The van der Waals surface area contributed by atoms with Crippen LogP contribution in [0.3, 0.4) is 0 Å². The van der Waals surface area contributed by atoms with Crippen LogP contribution in [0.25, 0.3) is 22.6 Å². The topological polar surface area (TPSA) is 106 Å². The fraction of sp³-hybridized carbons (Fsp3) is 0.0968. The van der Waals surface area contributed by atoms with Crippen molar-refractivity contribution in [3.05, 3.63) is 108 Å². The van der Waals surface area contributed by atoms with Crippen LogP contribution in [0.5, 0.6) is 11.5 Å². The quantitative estimate of drug-likeness (QED) is 0.240. The number of nitrogens with zero attached hydrogens (tertiary/aromatic N) is 2. The summed E-state index contributed by atoms with van der Waals surface area (Å²) in [5.74, 6) is 1.90. The number of hydrogen-bond donors (Lipinski definition) is 2. The van der Waals surface area contributed by atoms with Crippen molar-refractivity contribution >= 4 is 23.2 Å². The second-order valence-corrected chi connectivity index (χ2v) is 9.02. The number of ether oxygens (including phenoxy) is 1. The van der Waals surface area contributed by atoms with Crippen molar-refractivity contribution in [2.45, 2.75) is 20.8 Å². The highest BCUT2D eigenvalue weighted by molar-refractivity contribution is 6.04. The minimum absolute atomic E-state index is 0.131. The van der Waals surface area contributed by atoms with Crippen molar-refractivity contribution in [3.8, 4) is 34.1 Å². The lowest BCUT2D eigenvalue weighted by Crippen LogP contribution is -2.11. The van der Waals surface area contributed by atoms with Crippen LogP contribution in [0.1, 0.15) is 28.7 Å². The Morgan fingerprint density at radius 2 is 1.31 bits per heavy atom. The number of carbonyl (C=O) groups excluding carboxylic acids is 2. The summed E-state index contributed by atoms with van der Waals surface area (Å²) >= 11 is 0. The van der Waals surface area contributed by atoms with E-state index in [9.17, 15) is 9.59 Å². The zero-order valence-corrected chi connectivity index (χ0v) is 21.7. The Balaban J connectivity index is 1.23. The van der Waals surface area contributed by atoms with Crippen LogP contribution in [0.4, 0.5) is 11.4 Å². The summed E-state index contributed by atoms with van der Waals surface area (Å²) < 4.78 is 11.4. The van der Waals surface area contributed by atoms with E-state index in [1.807, 2.05) is 37.3 Å². The van der Waals surface area contributed by atoms with E-state index in [0.717, 1.165) is 22.3 Å². The van der Waals surface area contributed by atoms with Gasteiger partial charge in [0, 0.05) is 36.3 Å². The van der Waals surface area contributed by atoms with Crippen LogP contribution >= 0.6 is 0 Å². The molecule has 0 saturated heterocycles. The molecule has 1 heterocycles. The van der Waals surface area contributed by atoms with Crippen molar-refractivity contribution < 1.29 is 18.7 Å². The zero-order valence-electron chi connectivity index (χ0n) is 21.7. The van der Waals surface area contributed by atoms with E-state index in [4.69, 9.17) is 9.15 Å². The maximum Gasteiger partial charge on any atom is 0.255 e. The van der Waals surface area contributed by atoms with E-state index in [0.29, 0.717) is 40.2 Å². The number of benzene rings is 4. The summed E-state index contributed by atoms with van der Waals surface area (Å²) in [7, 11) is 0. The minimum Gasteiger partial charge on any atom is -0.457 e. The maximum absolute atomic E-state index is 12.9. The van der Waals surface area contributed by atoms with Gasteiger partial charge in [0.05, 0.1) is 0 Å². The monoisotopic (exact) mass is 518 g/mol. The molecule has 39 heavy (non-hydrogen) atoms. The second kappa shape index (κ2) is 11.0. The lowest BCUT2D eigenvalue weighted by atomic mass is 9.97. The van der Waals surface area contributed by atoms with Gasteiger partial charge < -0.3 is 19.8 Å². The molecule has 2 N–H and O–H groups in total. The Kier molecular flexibility index (Phi) is 7.18. The van der Waals surface area contributed by atoms with Gasteiger partial charge in [0.2, 0.25) is 17.7 Å². The number of nitrogens with one attached hydrogen (secondary N) is 2. The average Bonchev–Trinajstić information content (AvgIpc) is 3.37. The summed E-state index contributed by atoms with van der Waals surface area (Å²) in [6.07, 6.45) is 0. The lowest BCUT2D eigenvalue weighted by molar-refractivity contribution is -0.114. The van der Waals surface area contributed by atoms with Crippen LogP contribution in [-0.4, -0.2) is 22.0 Å². The normalized spacial score (nSPS) is 10.6. The maximum atomic E-state index is 12.9. The number of rotatable bonds is 7. The molecule has 0 unspecified atom stereocenters. The molecule has 0 fully saturated rings. The first-order chi connectivity index (χ1) is 18.8. The highest BCUT2D eigenvalue weighted by Crippen LogP contribution is 2.29. The third-order valence-corrected chi connectivity index (χ3v) is 5.99. The Morgan fingerprint density at radius 3 is 1.87 bits per heavy atom. The van der Waals surface area contributed by atoms with Crippen LogP contribution in [0.15, 0.2) is 95.4 Å². The van der Waals surface area contributed by atoms with Crippen molar-refractivity contribution in [1.29, 1.82) is 0 Å². The molecule has 5 aromatic rings. The van der Waals surface area contributed by atoms with Gasteiger partial charge in [-0.3, -0.25) is 9.59 Å². The summed E-state index contributed by atoms with van der Waals surface area (Å²) in [5.41, 5.74) is 5.83. The number of hydrogen-bond acceptors (Lipinski definition) is 6. The molecule has 0 radical (unpaired) electrons. The number of aromatic nitrogens is 2. The summed E-state index contributed by atoms with van der Waals surface area (Å²) in [5, 5.41) is 13.6. The second-order valence-electron chi connectivity index (χ2n) is 9.02. The molecule has 5 rings (SSSR count). The van der Waals surface area contributed by atoms with Crippen LogP contribution in [0, 0.1) is 13.8 Å². The van der Waals surface area contributed by atoms with Crippen molar-refractivity contribution in [1.82, 2.24) is 10.2 Å². The van der Waals surface area contributed by atoms with Gasteiger partial charge in [0.25, 0.3) is 5.91 Å². The number of aryl methyl sites for hydroxylation is 2. The number of carbonyl (C=O) groups is 2. The van der Waals surface area contributed by atoms with Crippen molar-refractivity contribution in [2.75, 3.05) is 10.6 Å². The molecule has 194 valence electrons. The first kappa shape index (κ1) is 25.4. The van der Waals surface area contributed by atoms with Gasteiger partial charge >= 0.3 is 0 Å². The highest BCUT2D eigenvalue weighted by Gasteiger charge is 2.12. The minimum atomic E-state index is -0.212. The van der Waals surface area contributed by atoms with Crippen molar-refractivity contribution in [3.63, 3.8) is 0 Å². The van der Waals surface area contributed by atoms with Gasteiger partial charge in [-0.15, -0.1) is 10.2 Å². The first-order valence-electron chi connectivity index (χ1n) is 12.3. The molecule has 4 aromatic carbocycles. The van der Waals surface area contributed by atoms with E-state index in [2.05, 4.69) is 20.8 Å². The highest BCUT2D eigenvalue weighted by atomic mass is 16.5. The fourth-order valence-electron chi connectivity index (χ4n) is 4.04. The number of anilines is 2. The third kappa shape index (κ3) is 6.19. The summed E-state index contributed by atoms with van der Waals surface area (Å²) in [6, 6.07) is 27.6. The summed E-state index contributed by atoms with van der Waals surface area (Å²) in [4.78, 5) is 24.0. The summed E-state index contributed by atoms with van der Waals surface area (Å²) in [6.45, 7) is 5.25. The van der Waals surface area contributed by atoms with Crippen LogP contribution < -0.4 is 15.4 Å².